The van der Waals surface area contributed by atoms with Gasteiger partial charge in [0.15, 0.2) is 0 Å². The Labute approximate surface area is 200 Å². The summed E-state index contributed by atoms with van der Waals surface area (Å²) in [5.74, 6) is 7.34. The number of ether oxygens (including phenoxy) is 1. The number of hydrogen-bond acceptors (Lipinski definition) is 5. The molecular formula is C28H30N4O2. The number of rotatable bonds is 5. The van der Waals surface area contributed by atoms with E-state index in [2.05, 4.69) is 32.4 Å². The van der Waals surface area contributed by atoms with Crippen molar-refractivity contribution >= 4 is 34.0 Å². The Morgan fingerprint density at radius 1 is 0.882 bits per heavy atom. The lowest BCUT2D eigenvalue weighted by Crippen LogP contribution is -2.17. The predicted molar refractivity (Wildman–Crippen MR) is 135 cm³/mol. The van der Waals surface area contributed by atoms with Gasteiger partial charge in [-0.1, -0.05) is 25.2 Å². The number of carbonyl (C=O) groups is 1. The molecule has 5 rings (SSSR count). The minimum absolute atomic E-state index is 0.294. The van der Waals surface area contributed by atoms with E-state index in [4.69, 9.17) is 4.74 Å². The Morgan fingerprint density at radius 3 is 2.38 bits per heavy atom. The summed E-state index contributed by atoms with van der Waals surface area (Å²) in [6.07, 6.45) is 12.8. The molecule has 3 aromatic rings. The van der Waals surface area contributed by atoms with Gasteiger partial charge < -0.3 is 15.4 Å². The summed E-state index contributed by atoms with van der Waals surface area (Å²) in [6, 6.07) is 13.6. The first kappa shape index (κ1) is 22.2. The van der Waals surface area contributed by atoms with Gasteiger partial charge >= 0.3 is 0 Å². The fourth-order valence-electron chi connectivity index (χ4n) is 4.27. The van der Waals surface area contributed by atoms with Crippen LogP contribution in [0.2, 0.25) is 0 Å². The molecular weight excluding hydrogens is 424 g/mol. The van der Waals surface area contributed by atoms with Crippen molar-refractivity contribution in [2.45, 2.75) is 63.9 Å². The topological polar surface area (TPSA) is 76.1 Å². The molecule has 1 heterocycles. The lowest BCUT2D eigenvalue weighted by atomic mass is 9.98. The van der Waals surface area contributed by atoms with Crippen LogP contribution in [-0.4, -0.2) is 22.0 Å². The molecule has 0 atom stereocenters. The number of hydrogen-bond donors (Lipinski definition) is 2. The quantitative estimate of drug-likeness (QED) is 0.448. The zero-order valence-corrected chi connectivity index (χ0v) is 19.3. The van der Waals surface area contributed by atoms with E-state index < -0.39 is 0 Å². The minimum atomic E-state index is -0.294. The van der Waals surface area contributed by atoms with Gasteiger partial charge in [-0.2, -0.15) is 0 Å². The number of nitrogens with one attached hydrogen (secondary N) is 2. The summed E-state index contributed by atoms with van der Waals surface area (Å²) < 4.78 is 6.25. The second kappa shape index (κ2) is 10.6. The van der Waals surface area contributed by atoms with Gasteiger partial charge in [0.05, 0.1) is 11.6 Å². The Kier molecular flexibility index (Phi) is 6.90. The number of fused-ring (bicyclic) bond motifs is 1. The fraction of sp³-hybridized carbons (Fsp3) is 0.393. The second-order valence-corrected chi connectivity index (χ2v) is 9.19. The predicted octanol–water partition coefficient (Wildman–Crippen LogP) is 6.22. The van der Waals surface area contributed by atoms with Crippen LogP contribution in [0.25, 0.3) is 10.9 Å². The highest BCUT2D eigenvalue weighted by molar-refractivity contribution is 6.05. The van der Waals surface area contributed by atoms with Gasteiger partial charge in [0.1, 0.15) is 17.9 Å². The molecule has 1 amide bonds. The summed E-state index contributed by atoms with van der Waals surface area (Å²) in [4.78, 5) is 20.9. The Balaban J connectivity index is 1.27. The van der Waals surface area contributed by atoms with Crippen LogP contribution in [0.4, 0.5) is 17.2 Å². The molecule has 2 aliphatic carbocycles. The molecule has 1 aromatic heterocycles. The summed E-state index contributed by atoms with van der Waals surface area (Å²) in [6.45, 7) is 0. The molecule has 0 bridgehead atoms. The smallest absolute Gasteiger partial charge is 0.300 e. The van der Waals surface area contributed by atoms with Gasteiger partial charge in [-0.3, -0.25) is 4.79 Å². The highest BCUT2D eigenvalue weighted by Gasteiger charge is 2.18. The third-order valence-electron chi connectivity index (χ3n) is 6.33. The van der Waals surface area contributed by atoms with Crippen LogP contribution in [0.5, 0.6) is 5.75 Å². The monoisotopic (exact) mass is 454 g/mol. The van der Waals surface area contributed by atoms with E-state index >= 15 is 0 Å². The van der Waals surface area contributed by atoms with E-state index in [1.165, 1.54) is 38.4 Å². The molecule has 174 valence electrons. The van der Waals surface area contributed by atoms with E-state index in [1.807, 2.05) is 42.5 Å². The molecule has 0 saturated heterocycles. The molecule has 2 saturated carbocycles. The summed E-state index contributed by atoms with van der Waals surface area (Å²) in [5, 5.41) is 7.05. The molecule has 6 heteroatoms. The molecule has 0 radical (unpaired) electrons. The Morgan fingerprint density at radius 2 is 1.62 bits per heavy atom. The van der Waals surface area contributed by atoms with E-state index in [9.17, 15) is 4.79 Å². The molecule has 2 N–H and O–H groups in total. The maximum Gasteiger partial charge on any atom is 0.300 e. The average Bonchev–Trinajstić information content (AvgIpc) is 3.66. The molecule has 2 fully saturated rings. The minimum Gasteiger partial charge on any atom is -0.490 e. The first-order chi connectivity index (χ1) is 16.7. The summed E-state index contributed by atoms with van der Waals surface area (Å²) >= 11 is 0. The van der Waals surface area contributed by atoms with Crippen LogP contribution < -0.4 is 15.4 Å². The van der Waals surface area contributed by atoms with Gasteiger partial charge in [-0.05, 0) is 86.9 Å². The number of benzene rings is 2. The fourth-order valence-corrected chi connectivity index (χ4v) is 4.27. The highest BCUT2D eigenvalue weighted by Crippen LogP contribution is 2.29. The third-order valence-corrected chi connectivity index (χ3v) is 6.33. The lowest BCUT2D eigenvalue weighted by Gasteiger charge is -2.21. The maximum atomic E-state index is 12.1. The number of carbonyl (C=O) groups excluding carboxylic acids is 1. The number of anilines is 3. The summed E-state index contributed by atoms with van der Waals surface area (Å²) in [5.41, 5.74) is 2.38. The van der Waals surface area contributed by atoms with Crippen LogP contribution >= 0.6 is 0 Å². The Bertz CT molecular complexity index is 1200. The van der Waals surface area contributed by atoms with Crippen LogP contribution in [0.3, 0.4) is 0 Å². The number of aromatic nitrogens is 2. The first-order valence-electron chi connectivity index (χ1n) is 12.3. The zero-order chi connectivity index (χ0) is 23.2. The molecule has 6 nitrogen and oxygen atoms in total. The van der Waals surface area contributed by atoms with Crippen molar-refractivity contribution in [2.75, 3.05) is 10.6 Å². The van der Waals surface area contributed by atoms with E-state index in [0.29, 0.717) is 23.5 Å². The third kappa shape index (κ3) is 6.05. The zero-order valence-electron chi connectivity index (χ0n) is 19.3. The second-order valence-electron chi connectivity index (χ2n) is 9.19. The standard InChI is InChI=1S/C28H30N4O2/c33-27(17-10-20-8-9-20)31-22-13-16-26-25(18-22)28(30-19-29-26)32-21-11-14-24(15-12-21)34-23-6-4-2-1-3-5-7-23/h11-16,18-20,23H,1-9H2,(H,31,33)(H,29,30,32). The van der Waals surface area contributed by atoms with Crippen molar-refractivity contribution in [1.82, 2.24) is 9.97 Å². The van der Waals surface area contributed by atoms with Crippen LogP contribution in [0.15, 0.2) is 48.8 Å². The maximum absolute atomic E-state index is 12.1. The van der Waals surface area contributed by atoms with Crippen molar-refractivity contribution in [3.8, 4) is 17.6 Å². The van der Waals surface area contributed by atoms with Gasteiger partial charge in [-0.25, -0.2) is 9.97 Å². The summed E-state index contributed by atoms with van der Waals surface area (Å²) in [7, 11) is 0. The van der Waals surface area contributed by atoms with Gasteiger partial charge in [0, 0.05) is 22.7 Å². The van der Waals surface area contributed by atoms with Crippen molar-refractivity contribution in [3.63, 3.8) is 0 Å². The number of nitrogens with zero attached hydrogens (tertiary/aromatic N) is 2. The normalized spacial score (nSPS) is 16.6. The van der Waals surface area contributed by atoms with Crippen molar-refractivity contribution < 1.29 is 9.53 Å². The van der Waals surface area contributed by atoms with Crippen LogP contribution in [0.1, 0.15) is 57.8 Å². The van der Waals surface area contributed by atoms with Crippen molar-refractivity contribution in [2.24, 2.45) is 5.92 Å². The van der Waals surface area contributed by atoms with Gasteiger partial charge in [0.25, 0.3) is 5.91 Å². The van der Waals surface area contributed by atoms with Gasteiger partial charge in [-0.15, -0.1) is 0 Å². The van der Waals surface area contributed by atoms with Crippen LogP contribution in [-0.2, 0) is 4.79 Å². The average molecular weight is 455 g/mol. The van der Waals surface area contributed by atoms with E-state index in [-0.39, 0.29) is 5.91 Å². The molecule has 0 unspecified atom stereocenters. The van der Waals surface area contributed by atoms with Crippen molar-refractivity contribution in [3.05, 3.63) is 48.8 Å². The van der Waals surface area contributed by atoms with Crippen molar-refractivity contribution in [1.29, 1.82) is 0 Å². The molecule has 2 aliphatic rings. The van der Waals surface area contributed by atoms with E-state index in [0.717, 1.165) is 48.0 Å². The van der Waals surface area contributed by atoms with Crippen LogP contribution in [0, 0.1) is 17.8 Å². The SMILES string of the molecule is O=C(C#CC1CC1)Nc1ccc2ncnc(Nc3ccc(OC4CCCCCCC4)cc3)c2c1. The highest BCUT2D eigenvalue weighted by atomic mass is 16.5. The molecule has 0 spiro atoms. The largest absolute Gasteiger partial charge is 0.490 e. The molecule has 0 aliphatic heterocycles. The Hall–Kier alpha value is -3.59. The molecule has 2 aromatic carbocycles. The number of amides is 1. The first-order valence-corrected chi connectivity index (χ1v) is 12.3. The van der Waals surface area contributed by atoms with E-state index in [1.54, 1.807) is 0 Å². The van der Waals surface area contributed by atoms with Gasteiger partial charge in [0.2, 0.25) is 0 Å². The lowest BCUT2D eigenvalue weighted by molar-refractivity contribution is -0.111. The molecule has 34 heavy (non-hydrogen) atoms.